The number of hydrogen-bond acceptors (Lipinski definition) is 5. The fraction of sp³-hybridized carbons (Fsp3) is 0.333. The lowest BCUT2D eigenvalue weighted by molar-refractivity contribution is -0.117. The number of carbonyl (C=O) groups is 1. The second kappa shape index (κ2) is 8.39. The lowest BCUT2D eigenvalue weighted by Crippen LogP contribution is -2.37. The molecule has 30 heavy (non-hydrogen) atoms. The lowest BCUT2D eigenvalue weighted by Gasteiger charge is -2.24. The number of ether oxygens (including phenoxy) is 1. The van der Waals surface area contributed by atoms with E-state index in [1.54, 1.807) is 31.4 Å². The Morgan fingerprint density at radius 3 is 2.47 bits per heavy atom. The molecule has 9 heteroatoms. The van der Waals surface area contributed by atoms with Crippen molar-refractivity contribution >= 4 is 32.7 Å². The molecule has 1 amide bonds. The topological polar surface area (TPSA) is 76.0 Å². The highest BCUT2D eigenvalue weighted by Crippen LogP contribution is 2.39. The van der Waals surface area contributed by atoms with Gasteiger partial charge in [0.05, 0.1) is 31.1 Å². The van der Waals surface area contributed by atoms with E-state index < -0.39 is 9.84 Å². The van der Waals surface area contributed by atoms with E-state index in [1.165, 1.54) is 23.9 Å². The van der Waals surface area contributed by atoms with E-state index in [9.17, 15) is 17.6 Å². The SMILES string of the molecule is COc1ccc(CC(=O)N=C2S[C@@H]3CS(=O)(=O)C[C@H]3N2Cc2ccc(F)cc2)cc1. The van der Waals surface area contributed by atoms with Gasteiger partial charge in [-0.25, -0.2) is 12.8 Å². The van der Waals surface area contributed by atoms with E-state index in [2.05, 4.69) is 4.99 Å². The molecule has 0 spiro atoms. The van der Waals surface area contributed by atoms with E-state index in [4.69, 9.17) is 4.74 Å². The summed E-state index contributed by atoms with van der Waals surface area (Å²) >= 11 is 1.34. The predicted octanol–water partition coefficient (Wildman–Crippen LogP) is 2.67. The van der Waals surface area contributed by atoms with Gasteiger partial charge in [-0.15, -0.1) is 0 Å². The van der Waals surface area contributed by atoms with Gasteiger partial charge in [0.15, 0.2) is 15.0 Å². The molecule has 2 atom stereocenters. The summed E-state index contributed by atoms with van der Waals surface area (Å²) in [5.41, 5.74) is 1.65. The first-order valence-corrected chi connectivity index (χ1v) is 12.2. The molecule has 0 aromatic heterocycles. The van der Waals surface area contributed by atoms with Gasteiger partial charge in [0.1, 0.15) is 11.6 Å². The molecular formula is C21H21FN2O4S2. The Labute approximate surface area is 179 Å². The summed E-state index contributed by atoms with van der Waals surface area (Å²) in [7, 11) is -1.54. The largest absolute Gasteiger partial charge is 0.497 e. The van der Waals surface area contributed by atoms with Crippen LogP contribution >= 0.6 is 11.8 Å². The fourth-order valence-corrected chi connectivity index (χ4v) is 7.64. The standard InChI is InChI=1S/C21H21FN2O4S2/c1-28-17-8-4-14(5-9-17)10-20(25)23-21-24(11-15-2-6-16(22)7-3-15)18-12-30(26,27)13-19(18)29-21/h2-9,18-19H,10-13H2,1H3/t18-,19-/m1/s1. The number of fused-ring (bicyclic) bond motifs is 1. The Hall–Kier alpha value is -2.39. The molecule has 2 fully saturated rings. The molecular weight excluding hydrogens is 427 g/mol. The normalized spacial score (nSPS) is 23.5. The first-order valence-electron chi connectivity index (χ1n) is 9.45. The predicted molar refractivity (Wildman–Crippen MR) is 115 cm³/mol. The number of sulfone groups is 1. The molecule has 2 aromatic carbocycles. The molecule has 2 saturated heterocycles. The minimum Gasteiger partial charge on any atom is -0.497 e. The number of nitrogens with zero attached hydrogens (tertiary/aromatic N) is 2. The van der Waals surface area contributed by atoms with Gasteiger partial charge in [0.25, 0.3) is 5.91 Å². The van der Waals surface area contributed by atoms with E-state index in [-0.39, 0.29) is 40.9 Å². The Bertz CT molecular complexity index is 1070. The van der Waals surface area contributed by atoms with Crippen LogP contribution in [0.5, 0.6) is 5.75 Å². The monoisotopic (exact) mass is 448 g/mol. The van der Waals surface area contributed by atoms with Gasteiger partial charge in [-0.1, -0.05) is 36.0 Å². The molecule has 6 nitrogen and oxygen atoms in total. The number of aliphatic imine (C=N–C) groups is 1. The minimum atomic E-state index is -3.12. The second-order valence-electron chi connectivity index (χ2n) is 7.37. The number of amidine groups is 1. The first kappa shape index (κ1) is 20.9. The lowest BCUT2D eigenvalue weighted by atomic mass is 10.1. The summed E-state index contributed by atoms with van der Waals surface area (Å²) in [6.45, 7) is 0.374. The zero-order valence-electron chi connectivity index (χ0n) is 16.3. The third-order valence-electron chi connectivity index (χ3n) is 5.18. The Kier molecular flexibility index (Phi) is 5.84. The van der Waals surface area contributed by atoms with Gasteiger partial charge >= 0.3 is 0 Å². The molecule has 0 aliphatic carbocycles. The number of halogens is 1. The molecule has 0 saturated carbocycles. The fourth-order valence-electron chi connectivity index (χ4n) is 3.67. The molecule has 0 radical (unpaired) electrons. The van der Waals surface area contributed by atoms with Crippen molar-refractivity contribution in [1.29, 1.82) is 0 Å². The maximum atomic E-state index is 13.2. The molecule has 2 aromatic rings. The van der Waals surface area contributed by atoms with Crippen molar-refractivity contribution in [1.82, 2.24) is 4.90 Å². The Balaban J connectivity index is 1.54. The number of methoxy groups -OCH3 is 1. The number of carbonyl (C=O) groups excluding carboxylic acids is 1. The summed E-state index contributed by atoms with van der Waals surface area (Å²) in [5, 5.41) is 0.380. The van der Waals surface area contributed by atoms with Gasteiger partial charge < -0.3 is 9.64 Å². The number of hydrogen-bond donors (Lipinski definition) is 0. The molecule has 4 rings (SSSR count). The van der Waals surface area contributed by atoms with Crippen LogP contribution in [0, 0.1) is 5.82 Å². The third kappa shape index (κ3) is 4.67. The summed E-state index contributed by atoms with van der Waals surface area (Å²) in [6, 6.07) is 13.0. The molecule has 158 valence electrons. The summed E-state index contributed by atoms with van der Waals surface area (Å²) < 4.78 is 42.6. The van der Waals surface area contributed by atoms with Crippen LogP contribution < -0.4 is 4.74 Å². The van der Waals surface area contributed by atoms with Crippen molar-refractivity contribution in [2.45, 2.75) is 24.3 Å². The van der Waals surface area contributed by atoms with Crippen LogP contribution in [0.2, 0.25) is 0 Å². The molecule has 0 N–H and O–H groups in total. The van der Waals surface area contributed by atoms with Crippen LogP contribution in [0.3, 0.4) is 0 Å². The van der Waals surface area contributed by atoms with Crippen LogP contribution in [0.15, 0.2) is 53.5 Å². The smallest absolute Gasteiger partial charge is 0.252 e. The van der Waals surface area contributed by atoms with Crippen molar-refractivity contribution in [2.24, 2.45) is 4.99 Å². The molecule has 2 heterocycles. The zero-order valence-corrected chi connectivity index (χ0v) is 18.0. The highest BCUT2D eigenvalue weighted by atomic mass is 32.2. The van der Waals surface area contributed by atoms with Gasteiger partial charge in [-0.2, -0.15) is 4.99 Å². The average molecular weight is 449 g/mol. The van der Waals surface area contributed by atoms with Crippen LogP contribution in [0.25, 0.3) is 0 Å². The van der Waals surface area contributed by atoms with Gasteiger partial charge in [0, 0.05) is 11.8 Å². The van der Waals surface area contributed by atoms with Crippen molar-refractivity contribution in [2.75, 3.05) is 18.6 Å². The number of benzene rings is 2. The number of thioether (sulfide) groups is 1. The summed E-state index contributed by atoms with van der Waals surface area (Å²) in [5.74, 6) is 0.197. The summed E-state index contributed by atoms with van der Waals surface area (Å²) in [6.07, 6.45) is 0.145. The Morgan fingerprint density at radius 1 is 1.13 bits per heavy atom. The van der Waals surface area contributed by atoms with Crippen LogP contribution in [0.4, 0.5) is 4.39 Å². The van der Waals surface area contributed by atoms with Gasteiger partial charge in [-0.05, 0) is 35.4 Å². The average Bonchev–Trinajstić information content (AvgIpc) is 3.16. The van der Waals surface area contributed by atoms with Crippen molar-refractivity contribution in [3.63, 3.8) is 0 Å². The maximum Gasteiger partial charge on any atom is 0.252 e. The summed E-state index contributed by atoms with van der Waals surface area (Å²) in [4.78, 5) is 18.8. The van der Waals surface area contributed by atoms with E-state index in [0.29, 0.717) is 17.5 Å². The zero-order chi connectivity index (χ0) is 21.3. The first-order chi connectivity index (χ1) is 14.3. The van der Waals surface area contributed by atoms with Gasteiger partial charge in [-0.3, -0.25) is 4.79 Å². The van der Waals surface area contributed by atoms with Crippen LogP contribution in [-0.4, -0.2) is 54.3 Å². The molecule has 2 aliphatic rings. The number of rotatable bonds is 5. The second-order valence-corrected chi connectivity index (χ2v) is 10.7. The van der Waals surface area contributed by atoms with Crippen LogP contribution in [-0.2, 0) is 27.6 Å². The van der Waals surface area contributed by atoms with E-state index >= 15 is 0 Å². The van der Waals surface area contributed by atoms with Crippen molar-refractivity contribution in [3.8, 4) is 5.75 Å². The van der Waals surface area contributed by atoms with Crippen LogP contribution in [0.1, 0.15) is 11.1 Å². The maximum absolute atomic E-state index is 13.2. The number of amides is 1. The quantitative estimate of drug-likeness (QED) is 0.700. The van der Waals surface area contributed by atoms with Crippen molar-refractivity contribution < 1.29 is 22.3 Å². The minimum absolute atomic E-state index is 0.0392. The highest BCUT2D eigenvalue weighted by Gasteiger charge is 2.48. The molecule has 0 bridgehead atoms. The Morgan fingerprint density at radius 2 is 1.80 bits per heavy atom. The van der Waals surface area contributed by atoms with Gasteiger partial charge in [0.2, 0.25) is 0 Å². The highest BCUT2D eigenvalue weighted by molar-refractivity contribution is 8.15. The molecule has 2 aliphatic heterocycles. The van der Waals surface area contributed by atoms with E-state index in [1.807, 2.05) is 17.0 Å². The third-order valence-corrected chi connectivity index (χ3v) is 8.42. The molecule has 0 unspecified atom stereocenters. The van der Waals surface area contributed by atoms with E-state index in [0.717, 1.165) is 11.1 Å². The van der Waals surface area contributed by atoms with Crippen molar-refractivity contribution in [3.05, 3.63) is 65.5 Å².